The molecule has 0 saturated heterocycles. The number of nitrogens with zero attached hydrogens (tertiary/aromatic N) is 2. The van der Waals surface area contributed by atoms with Crippen LogP contribution in [0.1, 0.15) is 36.5 Å². The lowest BCUT2D eigenvalue weighted by Crippen LogP contribution is -2.06. The molecule has 4 heteroatoms. The molecule has 0 bridgehead atoms. The van der Waals surface area contributed by atoms with E-state index in [9.17, 15) is 0 Å². The van der Waals surface area contributed by atoms with Crippen molar-refractivity contribution in [3.63, 3.8) is 0 Å². The fourth-order valence-electron chi connectivity index (χ4n) is 8.55. The van der Waals surface area contributed by atoms with Crippen LogP contribution in [-0.2, 0) is 0 Å². The van der Waals surface area contributed by atoms with E-state index in [-0.39, 0.29) is 0 Å². The van der Waals surface area contributed by atoms with Crippen molar-refractivity contribution >= 4 is 80.3 Å². The molecule has 2 nitrogen and oxygen atoms in total. The summed E-state index contributed by atoms with van der Waals surface area (Å²) < 4.78 is 5.23. The van der Waals surface area contributed by atoms with Crippen LogP contribution in [0, 0.1) is 0 Å². The van der Waals surface area contributed by atoms with Gasteiger partial charge in [0.25, 0.3) is 0 Å². The highest BCUT2D eigenvalue weighted by atomic mass is 32.1. The molecule has 59 heavy (non-hydrogen) atoms. The van der Waals surface area contributed by atoms with Crippen LogP contribution in [0.15, 0.2) is 204 Å². The van der Waals surface area contributed by atoms with Gasteiger partial charge in [0.05, 0.1) is 11.4 Å². The van der Waals surface area contributed by atoms with E-state index in [0.717, 1.165) is 40.4 Å². The predicted octanol–water partition coefficient (Wildman–Crippen LogP) is 15.9. The molecular weight excluding hydrogens is 753 g/mol. The first-order valence-corrected chi connectivity index (χ1v) is 21.9. The highest BCUT2D eigenvalue weighted by Gasteiger charge is 2.22. The van der Waals surface area contributed by atoms with Crippen LogP contribution in [0.2, 0.25) is 0 Å². The van der Waals surface area contributed by atoms with Crippen molar-refractivity contribution in [3.05, 3.63) is 210 Å². The fraction of sp³-hybridized carbons (Fsp3) is 0.0545. The van der Waals surface area contributed by atoms with Crippen LogP contribution in [0.4, 0.5) is 0 Å². The minimum Gasteiger partial charge on any atom is -0.232 e. The molecule has 0 atom stereocenters. The molecule has 0 fully saturated rings. The Morgan fingerprint density at radius 2 is 0.881 bits per heavy atom. The smallest absolute Gasteiger partial charge is 0.160 e. The number of hydrogen-bond acceptors (Lipinski definition) is 4. The Morgan fingerprint density at radius 3 is 1.54 bits per heavy atom. The summed E-state index contributed by atoms with van der Waals surface area (Å²) in [6.45, 7) is 2.26. The van der Waals surface area contributed by atoms with Gasteiger partial charge in [0.15, 0.2) is 5.84 Å². The second-order valence-corrected chi connectivity index (χ2v) is 17.3. The molecule has 280 valence electrons. The van der Waals surface area contributed by atoms with Crippen molar-refractivity contribution in [2.75, 3.05) is 0 Å². The third-order valence-electron chi connectivity index (χ3n) is 11.6. The topological polar surface area (TPSA) is 24.7 Å². The van der Waals surface area contributed by atoms with E-state index in [1.54, 1.807) is 0 Å². The van der Waals surface area contributed by atoms with Gasteiger partial charge in [-0.25, -0.2) is 9.98 Å². The first-order chi connectivity index (χ1) is 29.2. The Morgan fingerprint density at radius 1 is 0.390 bits per heavy atom. The number of thiophene rings is 2. The SMILES string of the molecule is CCC1=C(c2cc(-c3ccc4sc5ccccc5c4c3)ccc2-c2ccc3sc4ccccc4c3c2)N=C(c2ccc(-c3ccccc3)cc2)N=C(c2ccccc2)C1. The van der Waals surface area contributed by atoms with E-state index in [2.05, 4.69) is 195 Å². The van der Waals surface area contributed by atoms with Gasteiger partial charge in [-0.05, 0) is 93.4 Å². The molecule has 10 aromatic rings. The van der Waals surface area contributed by atoms with Crippen LogP contribution in [-0.4, -0.2) is 11.5 Å². The van der Waals surface area contributed by atoms with E-state index in [1.807, 2.05) is 22.7 Å². The average Bonchev–Trinajstić information content (AvgIpc) is 3.80. The third kappa shape index (κ3) is 6.51. The molecule has 0 spiro atoms. The molecule has 8 aromatic carbocycles. The van der Waals surface area contributed by atoms with Crippen molar-refractivity contribution in [2.45, 2.75) is 19.8 Å². The second kappa shape index (κ2) is 14.9. The van der Waals surface area contributed by atoms with Crippen LogP contribution in [0.25, 0.3) is 79.4 Å². The first-order valence-electron chi connectivity index (χ1n) is 20.2. The van der Waals surface area contributed by atoms with E-state index < -0.39 is 0 Å². The Labute approximate surface area is 351 Å². The highest BCUT2D eigenvalue weighted by molar-refractivity contribution is 7.26. The number of rotatable bonds is 7. The number of fused-ring (bicyclic) bond motifs is 6. The Balaban J connectivity index is 1.14. The van der Waals surface area contributed by atoms with E-state index in [1.165, 1.54) is 79.3 Å². The third-order valence-corrected chi connectivity index (χ3v) is 13.9. The number of allylic oxidation sites excluding steroid dienone is 1. The average molecular weight is 791 g/mol. The van der Waals surface area contributed by atoms with Crippen molar-refractivity contribution in [2.24, 2.45) is 9.98 Å². The molecule has 0 amide bonds. The zero-order valence-corrected chi connectivity index (χ0v) is 34.2. The van der Waals surface area contributed by atoms with Gasteiger partial charge in [0.2, 0.25) is 0 Å². The van der Waals surface area contributed by atoms with E-state index in [0.29, 0.717) is 6.42 Å². The maximum atomic E-state index is 5.66. The van der Waals surface area contributed by atoms with Crippen LogP contribution in [0.5, 0.6) is 0 Å². The van der Waals surface area contributed by atoms with Gasteiger partial charge in [-0.1, -0.05) is 153 Å². The number of amidine groups is 1. The molecule has 2 aromatic heterocycles. The molecule has 0 saturated carbocycles. The second-order valence-electron chi connectivity index (χ2n) is 15.2. The molecular formula is C55H38N2S2. The molecule has 0 N–H and O–H groups in total. The zero-order chi connectivity index (χ0) is 39.3. The van der Waals surface area contributed by atoms with E-state index in [4.69, 9.17) is 9.98 Å². The van der Waals surface area contributed by atoms with Gasteiger partial charge in [-0.2, -0.15) is 0 Å². The summed E-state index contributed by atoms with van der Waals surface area (Å²) in [6.07, 6.45) is 1.55. The molecule has 0 aliphatic carbocycles. The van der Waals surface area contributed by atoms with Gasteiger partial charge >= 0.3 is 0 Å². The molecule has 11 rings (SSSR count). The Hall–Kier alpha value is -6.72. The highest BCUT2D eigenvalue weighted by Crippen LogP contribution is 2.43. The molecule has 3 heterocycles. The molecule has 0 unspecified atom stereocenters. The van der Waals surface area contributed by atoms with Crippen LogP contribution in [0.3, 0.4) is 0 Å². The zero-order valence-electron chi connectivity index (χ0n) is 32.5. The number of hydrogen-bond donors (Lipinski definition) is 0. The monoisotopic (exact) mass is 790 g/mol. The van der Waals surface area contributed by atoms with Crippen molar-refractivity contribution < 1.29 is 0 Å². The van der Waals surface area contributed by atoms with Gasteiger partial charge < -0.3 is 0 Å². The lowest BCUT2D eigenvalue weighted by atomic mass is 9.89. The molecule has 1 aliphatic rings. The van der Waals surface area contributed by atoms with Gasteiger partial charge in [-0.3, -0.25) is 0 Å². The van der Waals surface area contributed by atoms with Crippen molar-refractivity contribution in [1.82, 2.24) is 0 Å². The fourth-order valence-corrected chi connectivity index (χ4v) is 10.7. The van der Waals surface area contributed by atoms with Crippen LogP contribution < -0.4 is 0 Å². The molecule has 1 aliphatic heterocycles. The van der Waals surface area contributed by atoms with E-state index >= 15 is 0 Å². The van der Waals surface area contributed by atoms with Gasteiger partial charge in [0.1, 0.15) is 0 Å². The minimum absolute atomic E-state index is 0.704. The lowest BCUT2D eigenvalue weighted by molar-refractivity contribution is 1.05. The maximum Gasteiger partial charge on any atom is 0.160 e. The van der Waals surface area contributed by atoms with Gasteiger partial charge in [-0.15, -0.1) is 22.7 Å². The Kier molecular flexibility index (Phi) is 8.95. The van der Waals surface area contributed by atoms with Crippen LogP contribution >= 0.6 is 22.7 Å². The summed E-state index contributed by atoms with van der Waals surface area (Å²) in [5, 5.41) is 5.19. The molecule has 0 radical (unpaired) electrons. The summed E-state index contributed by atoms with van der Waals surface area (Å²) in [7, 11) is 0. The maximum absolute atomic E-state index is 5.66. The van der Waals surface area contributed by atoms with Crippen molar-refractivity contribution in [3.8, 4) is 33.4 Å². The largest absolute Gasteiger partial charge is 0.232 e. The standard InChI is InChI=1S/C55H38N2S2/c1-2-35-34-49(38-15-7-4-8-16-38)56-55(39-23-21-37(22-24-39)36-13-5-3-6-14-36)57-54(35)48-32-40(41-26-29-52-46(31-41)44-17-9-11-19-50(44)58-52)25-28-43(48)42-27-30-53-47(33-42)45-18-10-12-20-51(45)59-53/h3-33H,2,34H2,1H3. The first kappa shape index (κ1) is 35.4. The summed E-state index contributed by atoms with van der Waals surface area (Å²) >= 11 is 3.71. The summed E-state index contributed by atoms with van der Waals surface area (Å²) in [5.74, 6) is 0.726. The quantitative estimate of drug-likeness (QED) is 0.154. The number of aliphatic imine (C=N–C) groups is 2. The normalized spacial score (nSPS) is 13.3. The lowest BCUT2D eigenvalue weighted by Gasteiger charge is -2.17. The predicted molar refractivity (Wildman–Crippen MR) is 256 cm³/mol. The van der Waals surface area contributed by atoms with Crippen molar-refractivity contribution in [1.29, 1.82) is 0 Å². The summed E-state index contributed by atoms with van der Waals surface area (Å²) in [6, 6.07) is 68.3. The minimum atomic E-state index is 0.704. The van der Waals surface area contributed by atoms with Gasteiger partial charge in [0, 0.05) is 57.9 Å². The summed E-state index contributed by atoms with van der Waals surface area (Å²) in [4.78, 5) is 11.1. The number of benzene rings is 8. The summed E-state index contributed by atoms with van der Waals surface area (Å²) in [5.41, 5.74) is 13.6. The Bertz CT molecular complexity index is 3310.